The molecule has 0 aliphatic heterocycles. The van der Waals surface area contributed by atoms with Gasteiger partial charge < -0.3 is 4.42 Å². The predicted octanol–water partition coefficient (Wildman–Crippen LogP) is 4.32. The first-order chi connectivity index (χ1) is 10.1. The van der Waals surface area contributed by atoms with Crippen LogP contribution in [0.4, 0.5) is 0 Å². The third kappa shape index (κ3) is 2.45. The number of carbonyl (C=O) groups is 1. The van der Waals surface area contributed by atoms with Gasteiger partial charge in [0.25, 0.3) is 0 Å². The Bertz CT molecular complexity index is 818. The van der Waals surface area contributed by atoms with Gasteiger partial charge in [-0.25, -0.2) is 4.68 Å². The lowest BCUT2D eigenvalue weighted by atomic mass is 10.1. The molecule has 0 aliphatic rings. The second-order valence-electron chi connectivity index (χ2n) is 4.77. The van der Waals surface area contributed by atoms with Crippen molar-refractivity contribution in [3.63, 3.8) is 0 Å². The van der Waals surface area contributed by atoms with E-state index < -0.39 is 0 Å². The second-order valence-corrected chi connectivity index (χ2v) is 5.63. The summed E-state index contributed by atoms with van der Waals surface area (Å²) in [6.07, 6.45) is 2.54. The fraction of sp³-hybridized carbons (Fsp3) is 0.125. The molecule has 0 aliphatic carbocycles. The number of aryl methyl sites for hydroxylation is 2. The van der Waals surface area contributed by atoms with Gasteiger partial charge in [-0.1, -0.05) is 12.1 Å². The van der Waals surface area contributed by atoms with E-state index in [9.17, 15) is 4.79 Å². The van der Waals surface area contributed by atoms with Crippen LogP contribution in [0.2, 0.25) is 0 Å². The number of furan rings is 1. The lowest BCUT2D eigenvalue weighted by molar-refractivity contribution is 0.112. The standard InChI is InChI=1S/C16H13BrN2O2/c1-10-7-13(11(2)21-10)16-12(9-20)8-19(18-16)15-6-4-3-5-14(15)17/h3-9H,1-2H3. The van der Waals surface area contributed by atoms with E-state index in [2.05, 4.69) is 21.0 Å². The molecule has 0 unspecified atom stereocenters. The van der Waals surface area contributed by atoms with Crippen LogP contribution in [0.25, 0.3) is 16.9 Å². The molecule has 1 aromatic carbocycles. The highest BCUT2D eigenvalue weighted by molar-refractivity contribution is 9.10. The maximum absolute atomic E-state index is 11.4. The number of halogens is 1. The average Bonchev–Trinajstić information content (AvgIpc) is 3.02. The van der Waals surface area contributed by atoms with Crippen molar-refractivity contribution in [1.82, 2.24) is 9.78 Å². The summed E-state index contributed by atoms with van der Waals surface area (Å²) in [6, 6.07) is 9.62. The van der Waals surface area contributed by atoms with E-state index >= 15 is 0 Å². The van der Waals surface area contributed by atoms with Crippen LogP contribution in [0.1, 0.15) is 21.9 Å². The summed E-state index contributed by atoms with van der Waals surface area (Å²) in [5.41, 5.74) is 2.90. The number of para-hydroxylation sites is 1. The molecule has 5 heteroatoms. The summed E-state index contributed by atoms with van der Waals surface area (Å²) in [4.78, 5) is 11.4. The molecule has 0 fully saturated rings. The van der Waals surface area contributed by atoms with E-state index in [4.69, 9.17) is 4.42 Å². The number of nitrogens with zero attached hydrogens (tertiary/aromatic N) is 2. The maximum atomic E-state index is 11.4. The van der Waals surface area contributed by atoms with Crippen molar-refractivity contribution in [1.29, 1.82) is 0 Å². The highest BCUT2D eigenvalue weighted by atomic mass is 79.9. The summed E-state index contributed by atoms with van der Waals surface area (Å²) in [5.74, 6) is 1.56. The Morgan fingerprint density at radius 2 is 2.05 bits per heavy atom. The van der Waals surface area contributed by atoms with Gasteiger partial charge in [0, 0.05) is 16.2 Å². The Morgan fingerprint density at radius 3 is 2.67 bits per heavy atom. The lowest BCUT2D eigenvalue weighted by Gasteiger charge is -2.03. The molecule has 0 N–H and O–H groups in total. The normalized spacial score (nSPS) is 10.8. The first-order valence-corrected chi connectivity index (χ1v) is 7.26. The van der Waals surface area contributed by atoms with E-state index in [0.717, 1.165) is 33.5 Å². The minimum atomic E-state index is 0.537. The van der Waals surface area contributed by atoms with E-state index in [1.54, 1.807) is 10.9 Å². The molecule has 106 valence electrons. The number of aldehydes is 1. The van der Waals surface area contributed by atoms with Crippen molar-refractivity contribution in [3.8, 4) is 16.9 Å². The number of hydrogen-bond acceptors (Lipinski definition) is 3. The number of hydrogen-bond donors (Lipinski definition) is 0. The number of aromatic nitrogens is 2. The highest BCUT2D eigenvalue weighted by Gasteiger charge is 2.17. The first kappa shape index (κ1) is 13.8. The minimum absolute atomic E-state index is 0.537. The van der Waals surface area contributed by atoms with Crippen LogP contribution in [0, 0.1) is 13.8 Å². The third-order valence-electron chi connectivity index (χ3n) is 3.26. The van der Waals surface area contributed by atoms with Gasteiger partial charge in [-0.2, -0.15) is 5.10 Å². The van der Waals surface area contributed by atoms with Crippen molar-refractivity contribution in [2.75, 3.05) is 0 Å². The molecule has 3 rings (SSSR count). The smallest absolute Gasteiger partial charge is 0.153 e. The second kappa shape index (κ2) is 5.33. The molecule has 0 bridgehead atoms. The van der Waals surface area contributed by atoms with Crippen molar-refractivity contribution in [3.05, 3.63) is 58.1 Å². The number of rotatable bonds is 3. The molecule has 3 aromatic rings. The molecule has 0 saturated heterocycles. The third-order valence-corrected chi connectivity index (χ3v) is 3.94. The largest absolute Gasteiger partial charge is 0.466 e. The summed E-state index contributed by atoms with van der Waals surface area (Å²) in [5, 5.41) is 4.55. The van der Waals surface area contributed by atoms with E-state index in [-0.39, 0.29) is 0 Å². The maximum Gasteiger partial charge on any atom is 0.153 e. The van der Waals surface area contributed by atoms with Crippen LogP contribution in [0.3, 0.4) is 0 Å². The van der Waals surface area contributed by atoms with Crippen LogP contribution < -0.4 is 0 Å². The van der Waals surface area contributed by atoms with Crippen LogP contribution in [0.15, 0.2) is 45.4 Å². The van der Waals surface area contributed by atoms with Crippen molar-refractivity contribution < 1.29 is 9.21 Å². The van der Waals surface area contributed by atoms with Gasteiger partial charge in [0.15, 0.2) is 6.29 Å². The quantitative estimate of drug-likeness (QED) is 0.664. The zero-order chi connectivity index (χ0) is 15.0. The van der Waals surface area contributed by atoms with Gasteiger partial charge in [-0.3, -0.25) is 4.79 Å². The Balaban J connectivity index is 2.18. The molecule has 2 heterocycles. The molecule has 0 saturated carbocycles. The summed E-state index contributed by atoms with van der Waals surface area (Å²) >= 11 is 3.50. The van der Waals surface area contributed by atoms with Crippen molar-refractivity contribution >= 4 is 22.2 Å². The van der Waals surface area contributed by atoms with Gasteiger partial charge in [0.05, 0.1) is 11.3 Å². The van der Waals surface area contributed by atoms with E-state index in [1.165, 1.54) is 0 Å². The zero-order valence-electron chi connectivity index (χ0n) is 11.6. The highest BCUT2D eigenvalue weighted by Crippen LogP contribution is 2.29. The fourth-order valence-corrected chi connectivity index (χ4v) is 2.78. The molecule has 4 nitrogen and oxygen atoms in total. The zero-order valence-corrected chi connectivity index (χ0v) is 13.2. The van der Waals surface area contributed by atoms with Crippen molar-refractivity contribution in [2.45, 2.75) is 13.8 Å². The Labute approximate surface area is 130 Å². The molecule has 21 heavy (non-hydrogen) atoms. The van der Waals surface area contributed by atoms with Crippen LogP contribution in [-0.4, -0.2) is 16.1 Å². The van der Waals surface area contributed by atoms with Crippen LogP contribution in [0.5, 0.6) is 0 Å². The van der Waals surface area contributed by atoms with Crippen LogP contribution in [-0.2, 0) is 0 Å². The molecular weight excluding hydrogens is 332 g/mol. The Hall–Kier alpha value is -2.14. The SMILES string of the molecule is Cc1cc(-c2nn(-c3ccccc3Br)cc2C=O)c(C)o1. The monoisotopic (exact) mass is 344 g/mol. The number of carbonyl (C=O) groups excluding carboxylic acids is 1. The first-order valence-electron chi connectivity index (χ1n) is 6.47. The summed E-state index contributed by atoms with van der Waals surface area (Å²) < 4.78 is 8.15. The molecule has 0 atom stereocenters. The minimum Gasteiger partial charge on any atom is -0.466 e. The van der Waals surface area contributed by atoms with Gasteiger partial charge in [0.1, 0.15) is 17.2 Å². The predicted molar refractivity (Wildman–Crippen MR) is 83.8 cm³/mol. The van der Waals surface area contributed by atoms with Gasteiger partial charge in [0.2, 0.25) is 0 Å². The van der Waals surface area contributed by atoms with Gasteiger partial charge in [-0.15, -0.1) is 0 Å². The summed E-state index contributed by atoms with van der Waals surface area (Å²) in [6.45, 7) is 3.75. The topological polar surface area (TPSA) is 48.0 Å². The van der Waals surface area contributed by atoms with Crippen molar-refractivity contribution in [2.24, 2.45) is 0 Å². The lowest BCUT2D eigenvalue weighted by Crippen LogP contribution is -1.95. The van der Waals surface area contributed by atoms with Gasteiger partial charge >= 0.3 is 0 Å². The Morgan fingerprint density at radius 1 is 1.29 bits per heavy atom. The van der Waals surface area contributed by atoms with Gasteiger partial charge in [-0.05, 0) is 48.0 Å². The molecule has 2 aromatic heterocycles. The molecule has 0 amide bonds. The average molecular weight is 345 g/mol. The molecular formula is C16H13BrN2O2. The number of benzene rings is 1. The van der Waals surface area contributed by atoms with Crippen LogP contribution >= 0.6 is 15.9 Å². The van der Waals surface area contributed by atoms with E-state index in [1.807, 2.05) is 44.2 Å². The molecule has 0 spiro atoms. The molecule has 0 radical (unpaired) electrons. The fourth-order valence-electron chi connectivity index (χ4n) is 2.31. The Kier molecular flexibility index (Phi) is 3.51. The summed E-state index contributed by atoms with van der Waals surface area (Å²) in [7, 11) is 0. The van der Waals surface area contributed by atoms with E-state index in [0.29, 0.717) is 11.3 Å².